The lowest BCUT2D eigenvalue weighted by Gasteiger charge is -2.10. The molecule has 0 saturated heterocycles. The molecule has 0 N–H and O–H groups in total. The smallest absolute Gasteiger partial charge is 0.359 e. The molecule has 4 aromatic rings. The van der Waals surface area contributed by atoms with Crippen LogP contribution in [0.15, 0.2) is 58.7 Å². The fraction of sp³-hybridized carbons (Fsp3) is 0.280. The highest BCUT2D eigenvalue weighted by Crippen LogP contribution is 2.27. The van der Waals surface area contributed by atoms with Crippen LogP contribution in [0.5, 0.6) is 5.75 Å². The van der Waals surface area contributed by atoms with E-state index in [1.807, 2.05) is 29.6 Å². The molecule has 0 spiro atoms. The van der Waals surface area contributed by atoms with Crippen molar-refractivity contribution in [3.63, 3.8) is 0 Å². The Morgan fingerprint density at radius 1 is 1.09 bits per heavy atom. The monoisotopic (exact) mass is 463 g/mol. The number of carbonyl (C=O) groups excluding carboxylic acids is 1. The number of thiazole rings is 1. The van der Waals surface area contributed by atoms with E-state index < -0.39 is 5.97 Å². The molecule has 0 aliphatic heterocycles. The molecular weight excluding hydrogens is 438 g/mol. The van der Waals surface area contributed by atoms with Crippen LogP contribution in [0.25, 0.3) is 21.3 Å². The zero-order valence-electron chi connectivity index (χ0n) is 18.6. The lowest BCUT2D eigenvalue weighted by molar-refractivity contribution is 0.0461. The molecule has 2 heterocycles. The van der Waals surface area contributed by atoms with E-state index in [0.717, 1.165) is 35.6 Å². The summed E-state index contributed by atoms with van der Waals surface area (Å²) in [5.41, 5.74) is 1.53. The molecule has 0 amide bonds. The predicted molar refractivity (Wildman–Crippen MR) is 129 cm³/mol. The van der Waals surface area contributed by atoms with Crippen molar-refractivity contribution in [3.8, 4) is 16.3 Å². The fourth-order valence-electron chi connectivity index (χ4n) is 3.52. The van der Waals surface area contributed by atoms with E-state index in [4.69, 9.17) is 9.47 Å². The molecule has 33 heavy (non-hydrogen) atoms. The van der Waals surface area contributed by atoms with Crippen LogP contribution in [0.4, 0.5) is 0 Å². The van der Waals surface area contributed by atoms with Gasteiger partial charge < -0.3 is 9.47 Å². The summed E-state index contributed by atoms with van der Waals surface area (Å²) in [5.74, 6) is 0.175. The topological polar surface area (TPSA) is 83.3 Å². The minimum absolute atomic E-state index is 0.0181. The third kappa shape index (κ3) is 5.12. The normalized spacial score (nSPS) is 11.0. The van der Waals surface area contributed by atoms with Crippen molar-refractivity contribution < 1.29 is 14.3 Å². The first-order chi connectivity index (χ1) is 16.1. The van der Waals surface area contributed by atoms with Gasteiger partial charge >= 0.3 is 5.97 Å². The maximum atomic E-state index is 12.9. The van der Waals surface area contributed by atoms with Gasteiger partial charge in [-0.15, -0.1) is 11.3 Å². The quantitative estimate of drug-likeness (QED) is 0.254. The highest BCUT2D eigenvalue weighted by atomic mass is 32.1. The lowest BCUT2D eigenvalue weighted by atomic mass is 10.1. The Bertz CT molecular complexity index is 1330. The zero-order chi connectivity index (χ0) is 23.2. The summed E-state index contributed by atoms with van der Waals surface area (Å²) in [5, 5.41) is 7.99. The number of hydrogen-bond donors (Lipinski definition) is 0. The average Bonchev–Trinajstić information content (AvgIpc) is 3.33. The Morgan fingerprint density at radius 3 is 2.70 bits per heavy atom. The summed E-state index contributed by atoms with van der Waals surface area (Å²) in [4.78, 5) is 30.3. The number of fused-ring (bicyclic) bond motifs is 1. The number of methoxy groups -OCH3 is 1. The molecule has 0 atom stereocenters. The molecule has 2 aromatic heterocycles. The first-order valence-electron chi connectivity index (χ1n) is 10.9. The Kier molecular flexibility index (Phi) is 7.14. The van der Waals surface area contributed by atoms with Crippen molar-refractivity contribution in [2.75, 3.05) is 7.11 Å². The Balaban J connectivity index is 1.54. The van der Waals surface area contributed by atoms with Gasteiger partial charge in [0.25, 0.3) is 5.56 Å². The largest absolute Gasteiger partial charge is 0.497 e. The van der Waals surface area contributed by atoms with Crippen LogP contribution in [-0.4, -0.2) is 27.8 Å². The molecule has 7 nitrogen and oxygen atoms in total. The van der Waals surface area contributed by atoms with E-state index in [2.05, 4.69) is 17.0 Å². The van der Waals surface area contributed by atoms with E-state index in [-0.39, 0.29) is 17.9 Å². The fourth-order valence-corrected chi connectivity index (χ4v) is 4.32. The standard InChI is InChI=1S/C25H25N3O4S/c1-3-4-7-13-28-24(29)21-12-6-5-11-20(21)22(27-28)25(30)32-15-18-16-33-23(26-18)17-9-8-10-19(14-17)31-2/h5-6,8-12,14,16H,3-4,7,13,15H2,1-2H3. The summed E-state index contributed by atoms with van der Waals surface area (Å²) < 4.78 is 12.2. The van der Waals surface area contributed by atoms with Gasteiger partial charge in [-0.3, -0.25) is 4.79 Å². The summed E-state index contributed by atoms with van der Waals surface area (Å²) in [6.45, 7) is 2.58. The van der Waals surface area contributed by atoms with Gasteiger partial charge in [0.15, 0.2) is 5.69 Å². The minimum atomic E-state index is -0.577. The van der Waals surface area contributed by atoms with E-state index in [1.54, 1.807) is 31.4 Å². The minimum Gasteiger partial charge on any atom is -0.497 e. The number of rotatable bonds is 9. The van der Waals surface area contributed by atoms with Crippen molar-refractivity contribution in [3.05, 3.63) is 75.7 Å². The van der Waals surface area contributed by atoms with Gasteiger partial charge in [0, 0.05) is 22.9 Å². The Hall–Kier alpha value is -3.52. The highest BCUT2D eigenvalue weighted by molar-refractivity contribution is 7.13. The van der Waals surface area contributed by atoms with E-state index in [0.29, 0.717) is 23.0 Å². The number of ether oxygens (including phenoxy) is 2. The van der Waals surface area contributed by atoms with Crippen molar-refractivity contribution >= 4 is 28.1 Å². The molecule has 8 heteroatoms. The van der Waals surface area contributed by atoms with Crippen LogP contribution >= 0.6 is 11.3 Å². The van der Waals surface area contributed by atoms with Crippen molar-refractivity contribution in [1.82, 2.24) is 14.8 Å². The molecule has 0 aliphatic carbocycles. The first kappa shape index (κ1) is 22.7. The van der Waals surface area contributed by atoms with E-state index >= 15 is 0 Å². The number of benzene rings is 2. The van der Waals surface area contributed by atoms with Crippen LogP contribution < -0.4 is 10.3 Å². The molecule has 0 unspecified atom stereocenters. The molecule has 0 aliphatic rings. The maximum Gasteiger partial charge on any atom is 0.359 e. The summed E-state index contributed by atoms with van der Waals surface area (Å²) in [6, 6.07) is 14.6. The van der Waals surface area contributed by atoms with Crippen LogP contribution in [0.1, 0.15) is 42.4 Å². The van der Waals surface area contributed by atoms with Gasteiger partial charge in [-0.1, -0.05) is 50.1 Å². The van der Waals surface area contributed by atoms with Crippen LogP contribution in [-0.2, 0) is 17.9 Å². The van der Waals surface area contributed by atoms with Gasteiger partial charge in [-0.25, -0.2) is 14.5 Å². The molecule has 0 fully saturated rings. The predicted octanol–water partition coefficient (Wildman–Crippen LogP) is 5.08. The van der Waals surface area contributed by atoms with Crippen LogP contribution in [0.3, 0.4) is 0 Å². The van der Waals surface area contributed by atoms with Gasteiger partial charge in [0.1, 0.15) is 17.4 Å². The summed E-state index contributed by atoms with van der Waals surface area (Å²) in [6.07, 6.45) is 2.84. The van der Waals surface area contributed by atoms with Crippen LogP contribution in [0.2, 0.25) is 0 Å². The highest BCUT2D eigenvalue weighted by Gasteiger charge is 2.18. The lowest BCUT2D eigenvalue weighted by Crippen LogP contribution is -2.26. The van der Waals surface area contributed by atoms with Crippen LogP contribution in [0, 0.1) is 0 Å². The van der Waals surface area contributed by atoms with Gasteiger partial charge in [-0.05, 0) is 24.6 Å². The zero-order valence-corrected chi connectivity index (χ0v) is 19.4. The summed E-state index contributed by atoms with van der Waals surface area (Å²) in [7, 11) is 1.62. The van der Waals surface area contributed by atoms with Gasteiger partial charge in [0.2, 0.25) is 0 Å². The SMILES string of the molecule is CCCCCn1nc(C(=O)OCc2csc(-c3cccc(OC)c3)n2)c2ccccc2c1=O. The third-order valence-electron chi connectivity index (χ3n) is 5.25. The molecule has 0 radical (unpaired) electrons. The number of aryl methyl sites for hydroxylation is 1. The van der Waals surface area contributed by atoms with Crippen molar-refractivity contribution in [2.24, 2.45) is 0 Å². The second kappa shape index (κ2) is 10.4. The molecule has 2 aromatic carbocycles. The Morgan fingerprint density at radius 2 is 1.91 bits per heavy atom. The second-order valence-electron chi connectivity index (χ2n) is 7.58. The second-order valence-corrected chi connectivity index (χ2v) is 8.44. The van der Waals surface area contributed by atoms with Gasteiger partial charge in [0.05, 0.1) is 18.2 Å². The Labute approximate surface area is 195 Å². The number of carbonyl (C=O) groups is 1. The van der Waals surface area contributed by atoms with E-state index in [1.165, 1.54) is 16.0 Å². The summed E-state index contributed by atoms with van der Waals surface area (Å²) >= 11 is 1.47. The van der Waals surface area contributed by atoms with Crippen molar-refractivity contribution in [1.29, 1.82) is 0 Å². The average molecular weight is 464 g/mol. The molecule has 0 saturated carbocycles. The molecule has 0 bridgehead atoms. The molecule has 170 valence electrons. The number of esters is 1. The molecular formula is C25H25N3O4S. The molecule has 4 rings (SSSR count). The number of unbranched alkanes of at least 4 members (excludes halogenated alkanes) is 2. The van der Waals surface area contributed by atoms with E-state index in [9.17, 15) is 9.59 Å². The van der Waals surface area contributed by atoms with Crippen molar-refractivity contribution in [2.45, 2.75) is 39.3 Å². The first-order valence-corrected chi connectivity index (χ1v) is 11.7. The number of hydrogen-bond acceptors (Lipinski definition) is 7. The number of nitrogens with zero attached hydrogens (tertiary/aromatic N) is 3. The maximum absolute atomic E-state index is 12.9. The number of aromatic nitrogens is 3. The third-order valence-corrected chi connectivity index (χ3v) is 6.19. The van der Waals surface area contributed by atoms with Gasteiger partial charge in [-0.2, -0.15) is 5.10 Å².